The van der Waals surface area contributed by atoms with Gasteiger partial charge in [-0.15, -0.1) is 0 Å². The van der Waals surface area contributed by atoms with Gasteiger partial charge in [0.1, 0.15) is 5.54 Å². The number of nitrogens with one attached hydrogen (secondary N) is 1. The summed E-state index contributed by atoms with van der Waals surface area (Å²) in [6, 6.07) is -0.240. The van der Waals surface area contributed by atoms with Crippen molar-refractivity contribution in [1.82, 2.24) is 10.2 Å². The van der Waals surface area contributed by atoms with Gasteiger partial charge in [0.15, 0.2) is 0 Å². The Labute approximate surface area is 114 Å². The quantitative estimate of drug-likeness (QED) is 0.821. The molecule has 2 N–H and O–H groups in total. The van der Waals surface area contributed by atoms with Crippen LogP contribution in [0.15, 0.2) is 0 Å². The van der Waals surface area contributed by atoms with Crippen molar-refractivity contribution >= 4 is 12.0 Å². The number of urea groups is 1. The summed E-state index contributed by atoms with van der Waals surface area (Å²) >= 11 is 0. The Kier molecular flexibility index (Phi) is 4.32. The van der Waals surface area contributed by atoms with E-state index in [0.29, 0.717) is 18.8 Å². The molecule has 5 nitrogen and oxygen atoms in total. The predicted octanol–water partition coefficient (Wildman–Crippen LogP) is 2.22. The lowest BCUT2D eigenvalue weighted by Gasteiger charge is -2.29. The zero-order valence-electron chi connectivity index (χ0n) is 11.7. The Morgan fingerprint density at radius 3 is 2.32 bits per heavy atom. The lowest BCUT2D eigenvalue weighted by atomic mass is 9.98. The summed E-state index contributed by atoms with van der Waals surface area (Å²) in [5, 5.41) is 12.1. The number of carboxylic acid groups (broad SMARTS) is 1. The first-order valence-electron chi connectivity index (χ1n) is 7.30. The largest absolute Gasteiger partial charge is 0.480 e. The SMILES string of the molecule is CN(CC1CCCC1)C(=O)NC1(C(=O)O)CCCC1. The highest BCUT2D eigenvalue weighted by Crippen LogP contribution is 2.30. The summed E-state index contributed by atoms with van der Waals surface area (Å²) in [5.74, 6) is -0.312. The van der Waals surface area contributed by atoms with Crippen molar-refractivity contribution in [2.75, 3.05) is 13.6 Å². The van der Waals surface area contributed by atoms with Crippen LogP contribution in [0.2, 0.25) is 0 Å². The number of carbonyl (C=O) groups is 2. The monoisotopic (exact) mass is 268 g/mol. The molecule has 0 aromatic heterocycles. The van der Waals surface area contributed by atoms with E-state index in [0.717, 1.165) is 19.4 Å². The molecule has 19 heavy (non-hydrogen) atoms. The number of nitrogens with zero attached hydrogens (tertiary/aromatic N) is 1. The molecule has 0 radical (unpaired) electrons. The second-order valence-corrected chi connectivity index (χ2v) is 6.06. The minimum Gasteiger partial charge on any atom is -0.480 e. The normalized spacial score (nSPS) is 22.4. The van der Waals surface area contributed by atoms with E-state index in [-0.39, 0.29) is 6.03 Å². The summed E-state index contributed by atoms with van der Waals surface area (Å²) in [4.78, 5) is 25.2. The molecular weight excluding hydrogens is 244 g/mol. The molecule has 0 aromatic rings. The van der Waals surface area contributed by atoms with Crippen LogP contribution in [0.1, 0.15) is 51.4 Å². The van der Waals surface area contributed by atoms with Crippen molar-refractivity contribution < 1.29 is 14.7 Å². The van der Waals surface area contributed by atoms with Crippen molar-refractivity contribution in [2.24, 2.45) is 5.92 Å². The molecule has 108 valence electrons. The number of carbonyl (C=O) groups excluding carboxylic acids is 1. The Balaban J connectivity index is 1.89. The number of hydrogen-bond donors (Lipinski definition) is 2. The Morgan fingerprint density at radius 2 is 1.79 bits per heavy atom. The third-order valence-corrected chi connectivity index (χ3v) is 4.57. The smallest absolute Gasteiger partial charge is 0.329 e. The van der Waals surface area contributed by atoms with E-state index in [2.05, 4.69) is 5.32 Å². The number of aliphatic carboxylic acids is 1. The molecule has 0 spiro atoms. The molecule has 2 rings (SSSR count). The Hall–Kier alpha value is -1.26. The molecule has 0 heterocycles. The number of hydrogen-bond acceptors (Lipinski definition) is 2. The standard InChI is InChI=1S/C14H24N2O3/c1-16(10-11-6-2-3-7-11)13(19)15-14(12(17)18)8-4-5-9-14/h11H,2-10H2,1H3,(H,15,19)(H,17,18). The lowest BCUT2D eigenvalue weighted by molar-refractivity contribution is -0.144. The van der Waals surface area contributed by atoms with Gasteiger partial charge >= 0.3 is 12.0 Å². The first kappa shape index (κ1) is 14.2. The van der Waals surface area contributed by atoms with Crippen LogP contribution >= 0.6 is 0 Å². The fourth-order valence-corrected chi connectivity index (χ4v) is 3.33. The van der Waals surface area contributed by atoms with Crippen molar-refractivity contribution in [1.29, 1.82) is 0 Å². The van der Waals surface area contributed by atoms with Gasteiger partial charge in [0.05, 0.1) is 0 Å². The summed E-state index contributed by atoms with van der Waals surface area (Å²) in [7, 11) is 1.76. The van der Waals surface area contributed by atoms with E-state index >= 15 is 0 Å². The van der Waals surface area contributed by atoms with Crippen molar-refractivity contribution in [3.63, 3.8) is 0 Å². The molecule has 0 unspecified atom stereocenters. The topological polar surface area (TPSA) is 69.6 Å². The highest BCUT2D eigenvalue weighted by molar-refractivity contribution is 5.86. The lowest BCUT2D eigenvalue weighted by Crippen LogP contribution is -2.56. The van der Waals surface area contributed by atoms with Gasteiger partial charge < -0.3 is 15.3 Å². The van der Waals surface area contributed by atoms with Crippen molar-refractivity contribution in [3.05, 3.63) is 0 Å². The molecule has 0 aliphatic heterocycles. The third-order valence-electron chi connectivity index (χ3n) is 4.57. The van der Waals surface area contributed by atoms with Crippen LogP contribution in [-0.4, -0.2) is 41.1 Å². The van der Waals surface area contributed by atoms with E-state index in [1.807, 2.05) is 0 Å². The zero-order valence-corrected chi connectivity index (χ0v) is 11.7. The van der Waals surface area contributed by atoms with Gasteiger partial charge in [0, 0.05) is 13.6 Å². The highest BCUT2D eigenvalue weighted by Gasteiger charge is 2.43. The van der Waals surface area contributed by atoms with Crippen LogP contribution in [0.4, 0.5) is 4.79 Å². The van der Waals surface area contributed by atoms with Crippen LogP contribution in [0.5, 0.6) is 0 Å². The van der Waals surface area contributed by atoms with Gasteiger partial charge in [-0.25, -0.2) is 9.59 Å². The van der Waals surface area contributed by atoms with Crippen LogP contribution in [0.3, 0.4) is 0 Å². The van der Waals surface area contributed by atoms with Crippen molar-refractivity contribution in [2.45, 2.75) is 56.9 Å². The predicted molar refractivity (Wildman–Crippen MR) is 72.0 cm³/mol. The van der Waals surface area contributed by atoms with Crippen molar-refractivity contribution in [3.8, 4) is 0 Å². The minimum atomic E-state index is -1.03. The summed E-state index contributed by atoms with van der Waals surface area (Å²) < 4.78 is 0. The van der Waals surface area contributed by atoms with Gasteiger partial charge in [-0.05, 0) is 31.6 Å². The minimum absolute atomic E-state index is 0.240. The van der Waals surface area contributed by atoms with Crippen LogP contribution in [0, 0.1) is 5.92 Å². The highest BCUT2D eigenvalue weighted by atomic mass is 16.4. The third kappa shape index (κ3) is 3.19. The Morgan fingerprint density at radius 1 is 1.21 bits per heavy atom. The molecular formula is C14H24N2O3. The maximum absolute atomic E-state index is 12.1. The molecule has 2 fully saturated rings. The molecule has 2 aliphatic carbocycles. The first-order chi connectivity index (χ1) is 9.03. The van der Waals surface area contributed by atoms with E-state index in [9.17, 15) is 14.7 Å². The number of carboxylic acids is 1. The van der Waals surface area contributed by atoms with Crippen LogP contribution in [-0.2, 0) is 4.79 Å². The average molecular weight is 268 g/mol. The summed E-state index contributed by atoms with van der Waals surface area (Å²) in [5.41, 5.74) is -1.03. The van der Waals surface area contributed by atoms with Gasteiger partial charge in [0.2, 0.25) is 0 Å². The Bertz CT molecular complexity index is 345. The average Bonchev–Trinajstić information content (AvgIpc) is 3.00. The molecule has 0 aromatic carbocycles. The van der Waals surface area contributed by atoms with Gasteiger partial charge in [-0.2, -0.15) is 0 Å². The van der Waals surface area contributed by atoms with E-state index < -0.39 is 11.5 Å². The maximum atomic E-state index is 12.1. The molecule has 2 aliphatic rings. The molecule has 0 atom stereocenters. The maximum Gasteiger partial charge on any atom is 0.329 e. The van der Waals surface area contributed by atoms with E-state index in [1.54, 1.807) is 11.9 Å². The molecule has 0 saturated heterocycles. The molecule has 5 heteroatoms. The van der Waals surface area contributed by atoms with Gasteiger partial charge in [-0.3, -0.25) is 0 Å². The molecule has 0 bridgehead atoms. The second-order valence-electron chi connectivity index (χ2n) is 6.06. The van der Waals surface area contributed by atoms with Crippen LogP contribution in [0.25, 0.3) is 0 Å². The second kappa shape index (κ2) is 5.80. The van der Waals surface area contributed by atoms with E-state index in [4.69, 9.17) is 0 Å². The van der Waals surface area contributed by atoms with E-state index in [1.165, 1.54) is 25.7 Å². The fourth-order valence-electron chi connectivity index (χ4n) is 3.33. The first-order valence-corrected chi connectivity index (χ1v) is 7.30. The molecule has 2 amide bonds. The number of rotatable bonds is 4. The van der Waals surface area contributed by atoms with Gasteiger partial charge in [0.25, 0.3) is 0 Å². The number of amides is 2. The fraction of sp³-hybridized carbons (Fsp3) is 0.857. The summed E-state index contributed by atoms with van der Waals surface area (Å²) in [6.45, 7) is 0.738. The summed E-state index contributed by atoms with van der Waals surface area (Å²) in [6.07, 6.45) is 7.70. The zero-order chi connectivity index (χ0) is 13.9. The molecule has 2 saturated carbocycles. The van der Waals surface area contributed by atoms with Gasteiger partial charge in [-0.1, -0.05) is 25.7 Å². The van der Waals surface area contributed by atoms with Crippen LogP contribution < -0.4 is 5.32 Å².